The highest BCUT2D eigenvalue weighted by molar-refractivity contribution is 5.22. The van der Waals surface area contributed by atoms with Gasteiger partial charge in [-0.25, -0.2) is 4.68 Å². The number of aromatic nitrogens is 5. The Bertz CT molecular complexity index is 651. The number of piperidine rings is 1. The summed E-state index contributed by atoms with van der Waals surface area (Å²) in [5.74, 6) is 1.62. The van der Waals surface area contributed by atoms with Crippen LogP contribution in [0, 0.1) is 5.92 Å². The molecule has 130 valence electrons. The molecule has 3 rings (SSSR count). The zero-order chi connectivity index (χ0) is 17.2. The number of pyridine rings is 1. The minimum Gasteiger partial charge on any atom is -0.289 e. The maximum atomic E-state index is 4.44. The standard InChI is InChI=1S/C18H28N6/c1-5-18(3,4)24-17(20-21-22-24)16(15-9-6-10-19-12-15)23-11-7-8-14(2)13-23/h6,9-10,12,14,16H,5,7-8,11,13H2,1-4H3/t14-,16+/m0/s1. The Hall–Kier alpha value is -1.82. The lowest BCUT2D eigenvalue weighted by Gasteiger charge is -2.37. The van der Waals surface area contributed by atoms with Gasteiger partial charge >= 0.3 is 0 Å². The van der Waals surface area contributed by atoms with E-state index in [0.717, 1.165) is 30.9 Å². The molecule has 6 heteroatoms. The number of hydrogen-bond acceptors (Lipinski definition) is 5. The Morgan fingerprint density at radius 3 is 2.88 bits per heavy atom. The van der Waals surface area contributed by atoms with Crippen LogP contribution >= 0.6 is 0 Å². The van der Waals surface area contributed by atoms with Crippen molar-refractivity contribution in [2.75, 3.05) is 13.1 Å². The van der Waals surface area contributed by atoms with E-state index in [1.165, 1.54) is 12.8 Å². The molecule has 24 heavy (non-hydrogen) atoms. The molecule has 1 aliphatic heterocycles. The fraction of sp³-hybridized carbons (Fsp3) is 0.667. The molecule has 2 atom stereocenters. The Morgan fingerprint density at radius 1 is 1.38 bits per heavy atom. The van der Waals surface area contributed by atoms with Crippen molar-refractivity contribution in [3.63, 3.8) is 0 Å². The lowest BCUT2D eigenvalue weighted by atomic mass is 9.95. The quantitative estimate of drug-likeness (QED) is 0.844. The largest absolute Gasteiger partial charge is 0.289 e. The average Bonchev–Trinajstić information content (AvgIpc) is 3.06. The third kappa shape index (κ3) is 3.34. The average molecular weight is 328 g/mol. The smallest absolute Gasteiger partial charge is 0.173 e. The monoisotopic (exact) mass is 328 g/mol. The Labute approximate surface area is 144 Å². The van der Waals surface area contributed by atoms with E-state index in [1.807, 2.05) is 23.1 Å². The van der Waals surface area contributed by atoms with Gasteiger partial charge in [-0.05, 0) is 67.6 Å². The molecule has 0 saturated carbocycles. The van der Waals surface area contributed by atoms with Gasteiger partial charge in [0.05, 0.1) is 11.6 Å². The molecule has 1 saturated heterocycles. The van der Waals surface area contributed by atoms with Crippen LogP contribution in [0.15, 0.2) is 24.5 Å². The minimum absolute atomic E-state index is 0.0577. The van der Waals surface area contributed by atoms with E-state index in [0.29, 0.717) is 5.92 Å². The van der Waals surface area contributed by atoms with Crippen molar-refractivity contribution in [3.8, 4) is 0 Å². The number of likely N-dealkylation sites (tertiary alicyclic amines) is 1. The number of hydrogen-bond donors (Lipinski definition) is 0. The zero-order valence-corrected chi connectivity index (χ0v) is 15.2. The summed E-state index contributed by atoms with van der Waals surface area (Å²) in [5, 5.41) is 12.8. The molecular formula is C18H28N6. The summed E-state index contributed by atoms with van der Waals surface area (Å²) in [6.45, 7) is 11.0. The summed E-state index contributed by atoms with van der Waals surface area (Å²) in [6, 6.07) is 4.19. The number of rotatable bonds is 5. The minimum atomic E-state index is -0.110. The van der Waals surface area contributed by atoms with Gasteiger partial charge in [0.15, 0.2) is 5.82 Å². The van der Waals surface area contributed by atoms with E-state index in [1.54, 1.807) is 0 Å². The molecule has 6 nitrogen and oxygen atoms in total. The molecule has 1 fully saturated rings. The van der Waals surface area contributed by atoms with Gasteiger partial charge in [-0.2, -0.15) is 0 Å². The summed E-state index contributed by atoms with van der Waals surface area (Å²) >= 11 is 0. The first kappa shape index (κ1) is 17.0. The zero-order valence-electron chi connectivity index (χ0n) is 15.2. The Balaban J connectivity index is 2.05. The van der Waals surface area contributed by atoms with Gasteiger partial charge in [-0.1, -0.05) is 19.9 Å². The second-order valence-corrected chi connectivity index (χ2v) is 7.55. The van der Waals surface area contributed by atoms with Gasteiger partial charge in [0.2, 0.25) is 0 Å². The second-order valence-electron chi connectivity index (χ2n) is 7.55. The molecule has 0 aliphatic carbocycles. The maximum Gasteiger partial charge on any atom is 0.173 e. The van der Waals surface area contributed by atoms with Gasteiger partial charge in [0.1, 0.15) is 0 Å². The van der Waals surface area contributed by atoms with Crippen molar-refractivity contribution in [3.05, 3.63) is 35.9 Å². The number of tetrazole rings is 1. The van der Waals surface area contributed by atoms with E-state index in [-0.39, 0.29) is 11.6 Å². The van der Waals surface area contributed by atoms with E-state index < -0.39 is 0 Å². The molecule has 0 N–H and O–H groups in total. The van der Waals surface area contributed by atoms with Crippen molar-refractivity contribution in [2.45, 2.75) is 58.5 Å². The molecule has 0 bridgehead atoms. The Kier molecular flexibility index (Phi) is 4.94. The van der Waals surface area contributed by atoms with Crippen molar-refractivity contribution in [1.29, 1.82) is 0 Å². The van der Waals surface area contributed by atoms with Crippen molar-refractivity contribution in [2.24, 2.45) is 5.92 Å². The van der Waals surface area contributed by atoms with Crippen LogP contribution in [0.1, 0.15) is 64.4 Å². The fourth-order valence-electron chi connectivity index (χ4n) is 3.47. The van der Waals surface area contributed by atoms with Crippen LogP contribution in [0.25, 0.3) is 0 Å². The molecule has 2 aromatic rings. The predicted molar refractivity (Wildman–Crippen MR) is 93.5 cm³/mol. The van der Waals surface area contributed by atoms with Gasteiger partial charge in [-0.3, -0.25) is 9.88 Å². The van der Waals surface area contributed by atoms with Crippen molar-refractivity contribution < 1.29 is 0 Å². The lowest BCUT2D eigenvalue weighted by Crippen LogP contribution is -2.40. The third-order valence-electron chi connectivity index (χ3n) is 5.23. The first-order valence-electron chi connectivity index (χ1n) is 8.95. The Morgan fingerprint density at radius 2 is 2.21 bits per heavy atom. The molecule has 0 aromatic carbocycles. The van der Waals surface area contributed by atoms with Gasteiger partial charge in [-0.15, -0.1) is 5.10 Å². The number of nitrogens with zero attached hydrogens (tertiary/aromatic N) is 6. The molecule has 0 radical (unpaired) electrons. The van der Waals surface area contributed by atoms with Crippen LogP contribution in [0.5, 0.6) is 0 Å². The molecule has 2 aromatic heterocycles. The molecular weight excluding hydrogens is 300 g/mol. The summed E-state index contributed by atoms with van der Waals surface area (Å²) < 4.78 is 2.00. The highest BCUT2D eigenvalue weighted by Gasteiger charge is 2.34. The predicted octanol–water partition coefficient (Wildman–Crippen LogP) is 3.03. The topological polar surface area (TPSA) is 59.7 Å². The summed E-state index contributed by atoms with van der Waals surface area (Å²) in [4.78, 5) is 6.85. The van der Waals surface area contributed by atoms with Gasteiger partial charge in [0.25, 0.3) is 0 Å². The fourth-order valence-corrected chi connectivity index (χ4v) is 3.47. The van der Waals surface area contributed by atoms with Crippen molar-refractivity contribution >= 4 is 0 Å². The summed E-state index contributed by atoms with van der Waals surface area (Å²) in [7, 11) is 0. The SMILES string of the molecule is CCC(C)(C)n1nnnc1[C@@H](c1cccnc1)N1CCC[C@H](C)C1. The molecule has 0 spiro atoms. The highest BCUT2D eigenvalue weighted by Crippen LogP contribution is 2.33. The van der Waals surface area contributed by atoms with E-state index in [2.05, 4.69) is 59.2 Å². The third-order valence-corrected chi connectivity index (χ3v) is 5.23. The van der Waals surface area contributed by atoms with Crippen LogP contribution in [0.4, 0.5) is 0 Å². The van der Waals surface area contributed by atoms with E-state index in [9.17, 15) is 0 Å². The second kappa shape index (κ2) is 6.97. The van der Waals surface area contributed by atoms with Gasteiger partial charge in [0, 0.05) is 18.9 Å². The van der Waals surface area contributed by atoms with Crippen LogP contribution in [0.3, 0.4) is 0 Å². The van der Waals surface area contributed by atoms with Crippen LogP contribution in [0.2, 0.25) is 0 Å². The first-order valence-corrected chi connectivity index (χ1v) is 8.95. The molecule has 0 unspecified atom stereocenters. The van der Waals surface area contributed by atoms with E-state index >= 15 is 0 Å². The van der Waals surface area contributed by atoms with Crippen molar-refractivity contribution in [1.82, 2.24) is 30.1 Å². The molecule has 0 amide bonds. The van der Waals surface area contributed by atoms with Crippen LogP contribution in [-0.2, 0) is 5.54 Å². The summed E-state index contributed by atoms with van der Waals surface area (Å²) in [5.41, 5.74) is 1.05. The van der Waals surface area contributed by atoms with E-state index in [4.69, 9.17) is 0 Å². The maximum absolute atomic E-state index is 4.44. The first-order chi connectivity index (χ1) is 11.5. The van der Waals surface area contributed by atoms with Gasteiger partial charge < -0.3 is 0 Å². The summed E-state index contributed by atoms with van der Waals surface area (Å²) in [6.07, 6.45) is 7.25. The highest BCUT2D eigenvalue weighted by atomic mass is 15.6. The van der Waals surface area contributed by atoms with Crippen LogP contribution < -0.4 is 0 Å². The molecule has 3 heterocycles. The van der Waals surface area contributed by atoms with Crippen LogP contribution in [-0.4, -0.2) is 43.2 Å². The normalized spacial score (nSPS) is 20.9. The lowest BCUT2D eigenvalue weighted by molar-refractivity contribution is 0.135. The molecule has 1 aliphatic rings.